The molecule has 2 aromatic heterocycles. The van der Waals surface area contributed by atoms with Crippen LogP contribution < -0.4 is 5.32 Å². The van der Waals surface area contributed by atoms with E-state index in [1.54, 1.807) is 36.9 Å². The lowest BCUT2D eigenvalue weighted by Crippen LogP contribution is -2.23. The molecule has 4 rings (SSSR count). The van der Waals surface area contributed by atoms with E-state index in [1.807, 2.05) is 36.5 Å². The Morgan fingerprint density at radius 3 is 2.61 bits per heavy atom. The first kappa shape index (κ1) is 20.6. The van der Waals surface area contributed by atoms with Crippen molar-refractivity contribution in [1.82, 2.24) is 20.0 Å². The molecule has 0 amide bonds. The maximum atomic E-state index is 10.3. The molecule has 0 fully saturated rings. The summed E-state index contributed by atoms with van der Waals surface area (Å²) in [7, 11) is 0. The molecule has 2 atom stereocenters. The summed E-state index contributed by atoms with van der Waals surface area (Å²) in [4.78, 5) is 3.40. The van der Waals surface area contributed by atoms with Gasteiger partial charge in [0.15, 0.2) is 0 Å². The van der Waals surface area contributed by atoms with Gasteiger partial charge in [0, 0.05) is 23.6 Å². The quantitative estimate of drug-likeness (QED) is 0.416. The van der Waals surface area contributed by atoms with Crippen molar-refractivity contribution in [2.45, 2.75) is 26.0 Å². The van der Waals surface area contributed by atoms with Crippen LogP contribution in [-0.2, 0) is 0 Å². The molecule has 2 N–H and O–H groups in total. The normalized spacial score (nSPS) is 12.9. The summed E-state index contributed by atoms with van der Waals surface area (Å²) < 4.78 is 7.62. The van der Waals surface area contributed by atoms with E-state index >= 15 is 0 Å². The Morgan fingerprint density at radius 2 is 1.97 bits per heavy atom. The topological polar surface area (TPSA) is 93.4 Å². The Kier molecular flexibility index (Phi) is 5.71. The third-order valence-corrected chi connectivity index (χ3v) is 5.35. The lowest BCUT2D eigenvalue weighted by Gasteiger charge is -2.21. The highest BCUT2D eigenvalue weighted by molar-refractivity contribution is 6.34. The van der Waals surface area contributed by atoms with Gasteiger partial charge in [-0.05, 0) is 55.8 Å². The summed E-state index contributed by atoms with van der Waals surface area (Å²) in [5.41, 5.74) is 3.41. The summed E-state index contributed by atoms with van der Waals surface area (Å²) in [6.45, 7) is 10.6. The molecule has 4 aromatic rings. The van der Waals surface area contributed by atoms with Crippen molar-refractivity contribution in [3.8, 4) is 17.1 Å². The van der Waals surface area contributed by atoms with Crippen molar-refractivity contribution in [2.24, 2.45) is 0 Å². The first-order valence-electron chi connectivity index (χ1n) is 9.53. The maximum absolute atomic E-state index is 10.3. The number of aliphatic hydroxyl groups is 1. The number of aliphatic hydroxyl groups excluding tert-OH is 1. The maximum Gasteiger partial charge on any atom is 0.247 e. The van der Waals surface area contributed by atoms with Gasteiger partial charge in [-0.25, -0.2) is 9.53 Å². The average molecular weight is 435 g/mol. The van der Waals surface area contributed by atoms with Gasteiger partial charge in [0.1, 0.15) is 6.04 Å². The number of nitrogens with one attached hydrogen (secondary N) is 1. The van der Waals surface area contributed by atoms with Gasteiger partial charge >= 0.3 is 0 Å². The summed E-state index contributed by atoms with van der Waals surface area (Å²) in [6.07, 6.45) is 2.75. The highest BCUT2D eigenvalue weighted by Gasteiger charge is 2.25. The molecule has 0 saturated carbocycles. The minimum absolute atomic E-state index is 0.242. The Labute approximate surface area is 183 Å². The molecule has 0 unspecified atom stereocenters. The van der Waals surface area contributed by atoms with Crippen LogP contribution in [0.3, 0.4) is 0 Å². The van der Waals surface area contributed by atoms with Gasteiger partial charge in [-0.2, -0.15) is 5.10 Å². The van der Waals surface area contributed by atoms with Crippen molar-refractivity contribution in [3.63, 3.8) is 0 Å². The van der Waals surface area contributed by atoms with Crippen molar-refractivity contribution < 1.29 is 9.52 Å². The van der Waals surface area contributed by atoms with Gasteiger partial charge in [0.25, 0.3) is 0 Å². The van der Waals surface area contributed by atoms with Crippen molar-refractivity contribution in [2.75, 3.05) is 5.32 Å². The Balaban J connectivity index is 1.59. The van der Waals surface area contributed by atoms with Crippen LogP contribution in [0.15, 0.2) is 59.3 Å². The van der Waals surface area contributed by atoms with Crippen LogP contribution in [0.4, 0.5) is 11.4 Å². The number of nitrogens with zero attached hydrogens (tertiary/aromatic N) is 5. The predicted octanol–water partition coefficient (Wildman–Crippen LogP) is 4.97. The number of hydrogen-bond acceptors (Lipinski definition) is 6. The first-order chi connectivity index (χ1) is 15.0. The van der Waals surface area contributed by atoms with Gasteiger partial charge in [-0.1, -0.05) is 17.7 Å². The standard InChI is InChI=1S/C22H19ClN6O2/c1-13-17(9-10-18(24-3)19(13)23)26-20(14(2)30)22-28-27-21(31-22)15-5-7-16(8-6-15)29-12-4-11-25-29/h4-12,14,20,26,30H,1-2H3/t14-,20+/m0/s1. The molecule has 0 saturated heterocycles. The van der Waals surface area contributed by atoms with Crippen LogP contribution in [0.5, 0.6) is 0 Å². The molecule has 9 heteroatoms. The van der Waals surface area contributed by atoms with E-state index < -0.39 is 12.1 Å². The number of hydrogen-bond donors (Lipinski definition) is 2. The van der Waals surface area contributed by atoms with Gasteiger partial charge in [-0.3, -0.25) is 0 Å². The second-order valence-corrected chi connectivity index (χ2v) is 7.37. The molecule has 2 heterocycles. The summed E-state index contributed by atoms with van der Waals surface area (Å²) in [5, 5.41) is 26.4. The van der Waals surface area contributed by atoms with Gasteiger partial charge in [0.05, 0.1) is 23.4 Å². The van der Waals surface area contributed by atoms with E-state index in [-0.39, 0.29) is 5.89 Å². The Morgan fingerprint density at radius 1 is 1.19 bits per heavy atom. The lowest BCUT2D eigenvalue weighted by atomic mass is 10.1. The van der Waals surface area contributed by atoms with Gasteiger partial charge < -0.3 is 14.8 Å². The van der Waals surface area contributed by atoms with Crippen LogP contribution in [0.25, 0.3) is 22.0 Å². The van der Waals surface area contributed by atoms with Crippen molar-refractivity contribution >= 4 is 23.0 Å². The third-order valence-electron chi connectivity index (χ3n) is 4.87. The molecule has 0 radical (unpaired) electrons. The fraction of sp³-hybridized carbons (Fsp3) is 0.182. The van der Waals surface area contributed by atoms with E-state index in [4.69, 9.17) is 22.6 Å². The number of anilines is 1. The molecular weight excluding hydrogens is 416 g/mol. The molecule has 0 aliphatic heterocycles. The summed E-state index contributed by atoms with van der Waals surface area (Å²) in [5.74, 6) is 0.582. The largest absolute Gasteiger partial charge is 0.418 e. The molecule has 0 aliphatic rings. The van der Waals surface area contributed by atoms with Crippen LogP contribution in [0.2, 0.25) is 5.02 Å². The Hall–Kier alpha value is -3.67. The van der Waals surface area contributed by atoms with Gasteiger partial charge in [-0.15, -0.1) is 10.2 Å². The fourth-order valence-electron chi connectivity index (χ4n) is 3.12. The number of benzene rings is 2. The molecule has 31 heavy (non-hydrogen) atoms. The van der Waals surface area contributed by atoms with Crippen LogP contribution >= 0.6 is 11.6 Å². The van der Waals surface area contributed by atoms with E-state index in [2.05, 4.69) is 25.5 Å². The molecule has 0 aliphatic carbocycles. The van der Waals surface area contributed by atoms with E-state index in [9.17, 15) is 5.11 Å². The minimum Gasteiger partial charge on any atom is -0.418 e. The van der Waals surface area contributed by atoms with E-state index in [0.29, 0.717) is 27.9 Å². The third kappa shape index (κ3) is 4.14. The average Bonchev–Trinajstić information content (AvgIpc) is 3.47. The zero-order chi connectivity index (χ0) is 22.0. The predicted molar refractivity (Wildman–Crippen MR) is 117 cm³/mol. The monoisotopic (exact) mass is 434 g/mol. The highest BCUT2D eigenvalue weighted by atomic mass is 35.5. The smallest absolute Gasteiger partial charge is 0.247 e. The van der Waals surface area contributed by atoms with E-state index in [1.165, 1.54) is 0 Å². The van der Waals surface area contributed by atoms with Crippen LogP contribution in [-0.4, -0.2) is 31.2 Å². The molecule has 8 nitrogen and oxygen atoms in total. The molecule has 0 spiro atoms. The number of rotatable bonds is 6. The lowest BCUT2D eigenvalue weighted by molar-refractivity contribution is 0.159. The second-order valence-electron chi connectivity index (χ2n) is 6.99. The zero-order valence-electron chi connectivity index (χ0n) is 16.8. The van der Waals surface area contributed by atoms with Crippen molar-refractivity contribution in [1.29, 1.82) is 0 Å². The van der Waals surface area contributed by atoms with Gasteiger partial charge in [0.2, 0.25) is 17.5 Å². The fourth-order valence-corrected chi connectivity index (χ4v) is 3.33. The van der Waals surface area contributed by atoms with Crippen molar-refractivity contribution in [3.05, 3.63) is 82.8 Å². The first-order valence-corrected chi connectivity index (χ1v) is 9.90. The Bertz CT molecular complexity index is 1230. The summed E-state index contributed by atoms with van der Waals surface area (Å²) in [6, 6.07) is 12.1. The van der Waals surface area contributed by atoms with Crippen LogP contribution in [0, 0.1) is 13.5 Å². The summed E-state index contributed by atoms with van der Waals surface area (Å²) >= 11 is 6.27. The molecule has 156 valence electrons. The SMILES string of the molecule is [C-]#[N+]c1ccc(N[C@@H](c2nnc(-c3ccc(-n4cccn4)cc3)o2)[C@H](C)O)c(C)c1Cl. The molecule has 2 aromatic carbocycles. The number of halogens is 1. The minimum atomic E-state index is -0.825. The molecule has 0 bridgehead atoms. The highest BCUT2D eigenvalue weighted by Crippen LogP contribution is 2.35. The zero-order valence-corrected chi connectivity index (χ0v) is 17.6. The van der Waals surface area contributed by atoms with Crippen LogP contribution in [0.1, 0.15) is 24.4 Å². The van der Waals surface area contributed by atoms with E-state index in [0.717, 1.165) is 11.3 Å². The molecular formula is C22H19ClN6O2. The second kappa shape index (κ2) is 8.60. The number of aromatic nitrogens is 4.